The van der Waals surface area contributed by atoms with E-state index in [0.717, 1.165) is 44.0 Å². The summed E-state index contributed by atoms with van der Waals surface area (Å²) in [5.74, 6) is -0.0241. The molecule has 140 valence electrons. The van der Waals surface area contributed by atoms with Crippen molar-refractivity contribution in [1.29, 1.82) is 0 Å². The van der Waals surface area contributed by atoms with Crippen LogP contribution in [0.25, 0.3) is 0 Å². The van der Waals surface area contributed by atoms with E-state index >= 15 is 0 Å². The van der Waals surface area contributed by atoms with Gasteiger partial charge in [0.2, 0.25) is 5.91 Å². The first-order valence-corrected chi connectivity index (χ1v) is 9.72. The van der Waals surface area contributed by atoms with E-state index in [1.807, 2.05) is 30.3 Å². The number of hydrogen-bond acceptors (Lipinski definition) is 3. The Morgan fingerprint density at radius 1 is 0.963 bits per heavy atom. The van der Waals surface area contributed by atoms with E-state index in [9.17, 15) is 9.59 Å². The maximum atomic E-state index is 12.7. The third kappa shape index (κ3) is 4.19. The van der Waals surface area contributed by atoms with Crippen LogP contribution >= 0.6 is 0 Å². The lowest BCUT2D eigenvalue weighted by Crippen LogP contribution is -2.24. The number of carbonyl (C=O) groups excluding carboxylic acids is 2. The van der Waals surface area contributed by atoms with Crippen LogP contribution in [0.5, 0.6) is 0 Å². The highest BCUT2D eigenvalue weighted by molar-refractivity contribution is 6.05. The summed E-state index contributed by atoms with van der Waals surface area (Å²) in [6.45, 7) is 3.95. The smallest absolute Gasteiger partial charge is 0.255 e. The largest absolute Gasteiger partial charge is 0.322 e. The fourth-order valence-corrected chi connectivity index (χ4v) is 3.89. The molecule has 0 saturated carbocycles. The van der Waals surface area contributed by atoms with Crippen LogP contribution in [-0.2, 0) is 11.3 Å². The molecule has 0 aliphatic carbocycles. The summed E-state index contributed by atoms with van der Waals surface area (Å²) in [4.78, 5) is 28.8. The van der Waals surface area contributed by atoms with Gasteiger partial charge in [-0.15, -0.1) is 0 Å². The van der Waals surface area contributed by atoms with Crippen LogP contribution < -0.4 is 10.2 Å². The van der Waals surface area contributed by atoms with Gasteiger partial charge in [0.15, 0.2) is 0 Å². The molecule has 0 bridgehead atoms. The van der Waals surface area contributed by atoms with E-state index < -0.39 is 0 Å². The first-order chi connectivity index (χ1) is 13.2. The van der Waals surface area contributed by atoms with E-state index in [2.05, 4.69) is 16.3 Å². The molecule has 1 N–H and O–H groups in total. The van der Waals surface area contributed by atoms with Gasteiger partial charge in [-0.2, -0.15) is 0 Å². The standard InChI is InChI=1S/C22H25N3O2/c26-21-10-5-13-25(21)20-9-4-7-18(15-20)22(27)23-19-8-3-6-17(14-19)16-24-11-1-2-12-24/h3-4,6-9,14-15H,1-2,5,10-13,16H2,(H,23,27). The number of rotatable bonds is 5. The van der Waals surface area contributed by atoms with Gasteiger partial charge in [-0.1, -0.05) is 18.2 Å². The van der Waals surface area contributed by atoms with Crippen LogP contribution in [0.2, 0.25) is 0 Å². The average Bonchev–Trinajstić information content (AvgIpc) is 3.34. The minimum atomic E-state index is -0.151. The summed E-state index contributed by atoms with van der Waals surface area (Å²) in [5.41, 5.74) is 3.38. The highest BCUT2D eigenvalue weighted by Gasteiger charge is 2.22. The van der Waals surface area contributed by atoms with Gasteiger partial charge in [0.25, 0.3) is 5.91 Å². The van der Waals surface area contributed by atoms with Gasteiger partial charge in [-0.05, 0) is 68.2 Å². The minimum Gasteiger partial charge on any atom is -0.322 e. The summed E-state index contributed by atoms with van der Waals surface area (Å²) in [6.07, 6.45) is 4.00. The maximum Gasteiger partial charge on any atom is 0.255 e. The lowest BCUT2D eigenvalue weighted by atomic mass is 10.1. The van der Waals surface area contributed by atoms with Crippen molar-refractivity contribution in [3.63, 3.8) is 0 Å². The van der Waals surface area contributed by atoms with Crippen molar-refractivity contribution in [1.82, 2.24) is 4.90 Å². The molecule has 2 aromatic carbocycles. The molecular formula is C22H25N3O2. The second kappa shape index (κ2) is 7.92. The van der Waals surface area contributed by atoms with Crippen molar-refractivity contribution in [2.45, 2.75) is 32.2 Å². The zero-order chi connectivity index (χ0) is 18.6. The van der Waals surface area contributed by atoms with Crippen molar-refractivity contribution in [3.05, 3.63) is 59.7 Å². The second-order valence-electron chi connectivity index (χ2n) is 7.34. The fourth-order valence-electron chi connectivity index (χ4n) is 3.89. The molecule has 2 aromatic rings. The van der Waals surface area contributed by atoms with Crippen molar-refractivity contribution in [2.24, 2.45) is 0 Å². The van der Waals surface area contributed by atoms with E-state index in [1.54, 1.807) is 17.0 Å². The van der Waals surface area contributed by atoms with Crippen molar-refractivity contribution < 1.29 is 9.59 Å². The van der Waals surface area contributed by atoms with E-state index in [4.69, 9.17) is 0 Å². The topological polar surface area (TPSA) is 52.7 Å². The molecule has 0 unspecified atom stereocenters. The quantitative estimate of drug-likeness (QED) is 0.882. The van der Waals surface area contributed by atoms with Crippen LogP contribution in [-0.4, -0.2) is 36.3 Å². The molecular weight excluding hydrogens is 338 g/mol. The van der Waals surface area contributed by atoms with Gasteiger partial charge >= 0.3 is 0 Å². The molecule has 2 amide bonds. The molecule has 0 aromatic heterocycles. The average molecular weight is 363 g/mol. The third-order valence-electron chi connectivity index (χ3n) is 5.28. The normalized spacial score (nSPS) is 17.5. The van der Waals surface area contributed by atoms with Gasteiger partial charge in [0.05, 0.1) is 0 Å². The van der Waals surface area contributed by atoms with Gasteiger partial charge in [0.1, 0.15) is 0 Å². The minimum absolute atomic E-state index is 0.127. The first-order valence-electron chi connectivity index (χ1n) is 9.72. The van der Waals surface area contributed by atoms with Crippen LogP contribution in [0.3, 0.4) is 0 Å². The number of amides is 2. The molecule has 2 heterocycles. The zero-order valence-corrected chi connectivity index (χ0v) is 15.5. The monoisotopic (exact) mass is 363 g/mol. The van der Waals surface area contributed by atoms with Crippen LogP contribution in [0.15, 0.2) is 48.5 Å². The molecule has 5 heteroatoms. The molecule has 2 fully saturated rings. The highest BCUT2D eigenvalue weighted by Crippen LogP contribution is 2.23. The molecule has 5 nitrogen and oxygen atoms in total. The van der Waals surface area contributed by atoms with E-state index in [0.29, 0.717) is 12.0 Å². The number of likely N-dealkylation sites (tertiary alicyclic amines) is 1. The summed E-state index contributed by atoms with van der Waals surface area (Å²) in [6, 6.07) is 15.4. The summed E-state index contributed by atoms with van der Waals surface area (Å²) in [7, 11) is 0. The Morgan fingerprint density at radius 2 is 1.78 bits per heavy atom. The molecule has 2 aliphatic heterocycles. The first kappa shape index (κ1) is 17.7. The van der Waals surface area contributed by atoms with Gasteiger partial charge in [0, 0.05) is 36.4 Å². The lowest BCUT2D eigenvalue weighted by molar-refractivity contribution is -0.117. The van der Waals surface area contributed by atoms with Crippen LogP contribution in [0.1, 0.15) is 41.6 Å². The zero-order valence-electron chi connectivity index (χ0n) is 15.5. The second-order valence-corrected chi connectivity index (χ2v) is 7.34. The van der Waals surface area contributed by atoms with Crippen LogP contribution in [0.4, 0.5) is 11.4 Å². The molecule has 4 rings (SSSR count). The third-order valence-corrected chi connectivity index (χ3v) is 5.28. The number of carbonyl (C=O) groups is 2. The number of benzene rings is 2. The van der Waals surface area contributed by atoms with Crippen molar-refractivity contribution in [3.8, 4) is 0 Å². The van der Waals surface area contributed by atoms with E-state index in [-0.39, 0.29) is 11.8 Å². The number of hydrogen-bond donors (Lipinski definition) is 1. The lowest BCUT2D eigenvalue weighted by Gasteiger charge is -2.17. The number of anilines is 2. The number of nitrogens with one attached hydrogen (secondary N) is 1. The number of nitrogens with zero attached hydrogens (tertiary/aromatic N) is 2. The Labute approximate surface area is 160 Å². The fraction of sp³-hybridized carbons (Fsp3) is 0.364. The Morgan fingerprint density at radius 3 is 2.56 bits per heavy atom. The predicted octanol–water partition coefficient (Wildman–Crippen LogP) is 3.66. The Hall–Kier alpha value is -2.66. The van der Waals surface area contributed by atoms with Gasteiger partial charge < -0.3 is 10.2 Å². The Balaban J connectivity index is 1.45. The SMILES string of the molecule is O=C(Nc1cccc(CN2CCCC2)c1)c1cccc(N2CCCC2=O)c1. The summed E-state index contributed by atoms with van der Waals surface area (Å²) < 4.78 is 0. The molecule has 2 saturated heterocycles. The van der Waals surface area contributed by atoms with Gasteiger partial charge in [-0.3, -0.25) is 14.5 Å². The van der Waals surface area contributed by atoms with Crippen molar-refractivity contribution in [2.75, 3.05) is 29.9 Å². The van der Waals surface area contributed by atoms with E-state index in [1.165, 1.54) is 18.4 Å². The summed E-state index contributed by atoms with van der Waals surface area (Å²) >= 11 is 0. The molecule has 0 spiro atoms. The Kier molecular flexibility index (Phi) is 5.21. The molecule has 0 radical (unpaired) electrons. The highest BCUT2D eigenvalue weighted by atomic mass is 16.2. The maximum absolute atomic E-state index is 12.7. The van der Waals surface area contributed by atoms with Crippen molar-refractivity contribution >= 4 is 23.2 Å². The molecule has 0 atom stereocenters. The summed E-state index contributed by atoms with van der Waals surface area (Å²) in [5, 5.41) is 2.99. The predicted molar refractivity (Wildman–Crippen MR) is 107 cm³/mol. The molecule has 27 heavy (non-hydrogen) atoms. The van der Waals surface area contributed by atoms with Crippen LogP contribution in [0, 0.1) is 0 Å². The van der Waals surface area contributed by atoms with Gasteiger partial charge in [-0.25, -0.2) is 0 Å². The Bertz CT molecular complexity index is 843. The molecule has 2 aliphatic rings.